The van der Waals surface area contributed by atoms with Crippen molar-refractivity contribution in [2.24, 2.45) is 0 Å². The van der Waals surface area contributed by atoms with E-state index < -0.39 is 0 Å². The fourth-order valence-corrected chi connectivity index (χ4v) is 3.47. The predicted octanol–water partition coefficient (Wildman–Crippen LogP) is 2.49. The van der Waals surface area contributed by atoms with E-state index in [1.807, 2.05) is 18.7 Å². The van der Waals surface area contributed by atoms with Gasteiger partial charge in [-0.15, -0.1) is 5.10 Å². The van der Waals surface area contributed by atoms with Gasteiger partial charge in [0.15, 0.2) is 0 Å². The van der Waals surface area contributed by atoms with E-state index >= 15 is 0 Å². The highest BCUT2D eigenvalue weighted by Crippen LogP contribution is 2.30. The van der Waals surface area contributed by atoms with Crippen LogP contribution in [0.2, 0.25) is 0 Å². The maximum atomic E-state index is 13.3. The minimum absolute atomic E-state index is 0.0358. The van der Waals surface area contributed by atoms with Crippen molar-refractivity contribution in [3.05, 3.63) is 41.0 Å². The zero-order valence-corrected chi connectivity index (χ0v) is 13.3. The molecule has 7 heteroatoms. The second-order valence-corrected chi connectivity index (χ2v) is 6.29. The maximum Gasteiger partial charge on any atom is 0.233 e. The molecule has 1 aliphatic heterocycles. The molecule has 5 nitrogen and oxygen atoms in total. The zero-order valence-electron chi connectivity index (χ0n) is 12.5. The van der Waals surface area contributed by atoms with E-state index in [0.717, 1.165) is 17.0 Å². The van der Waals surface area contributed by atoms with E-state index in [9.17, 15) is 9.18 Å². The van der Waals surface area contributed by atoms with Gasteiger partial charge in [0.1, 0.15) is 11.6 Å². The number of H-pyrrole nitrogens is 1. The van der Waals surface area contributed by atoms with Crippen LogP contribution in [0.1, 0.15) is 29.9 Å². The lowest BCUT2D eigenvalue weighted by Gasteiger charge is -2.35. The molecule has 0 saturated carbocycles. The number of aryl methyl sites for hydroxylation is 1. The molecule has 3 rings (SSSR count). The largest absolute Gasteiger partial charge is 0.335 e. The van der Waals surface area contributed by atoms with Crippen molar-refractivity contribution in [3.63, 3.8) is 0 Å². The fraction of sp³-hybridized carbons (Fsp3) is 0.400. The molecule has 1 N–H and O–H groups in total. The van der Waals surface area contributed by atoms with Crippen LogP contribution >= 0.6 is 11.8 Å². The summed E-state index contributed by atoms with van der Waals surface area (Å²) in [4.78, 5) is 18.4. The summed E-state index contributed by atoms with van der Waals surface area (Å²) >= 11 is 1.32. The molecule has 22 heavy (non-hydrogen) atoms. The highest BCUT2D eigenvalue weighted by Gasteiger charge is 2.27. The minimum atomic E-state index is -0.221. The molecule has 0 aliphatic carbocycles. The topological polar surface area (TPSA) is 61.9 Å². The van der Waals surface area contributed by atoms with Gasteiger partial charge in [0.2, 0.25) is 11.1 Å². The first kappa shape index (κ1) is 15.0. The number of carbonyl (C=O) groups is 1. The molecular weight excluding hydrogens is 303 g/mol. The number of fused-ring (bicyclic) bond motifs is 1. The summed E-state index contributed by atoms with van der Waals surface area (Å²) in [6, 6.07) is 4.76. The van der Waals surface area contributed by atoms with Crippen LogP contribution in [0.4, 0.5) is 4.39 Å². The molecule has 1 aliphatic rings. The lowest BCUT2D eigenvalue weighted by Crippen LogP contribution is -2.39. The number of benzene rings is 1. The highest BCUT2D eigenvalue weighted by atomic mass is 32.2. The number of nitrogens with zero attached hydrogens (tertiary/aromatic N) is 3. The number of amides is 1. The van der Waals surface area contributed by atoms with Gasteiger partial charge >= 0.3 is 0 Å². The lowest BCUT2D eigenvalue weighted by atomic mass is 9.93. The van der Waals surface area contributed by atoms with Gasteiger partial charge in [-0.1, -0.05) is 17.8 Å². The van der Waals surface area contributed by atoms with Crippen molar-refractivity contribution in [1.29, 1.82) is 0 Å². The third-order valence-electron chi connectivity index (χ3n) is 3.87. The Balaban J connectivity index is 1.67. The van der Waals surface area contributed by atoms with Crippen molar-refractivity contribution in [2.45, 2.75) is 31.5 Å². The van der Waals surface area contributed by atoms with Crippen molar-refractivity contribution < 1.29 is 9.18 Å². The van der Waals surface area contributed by atoms with Crippen molar-refractivity contribution >= 4 is 17.7 Å². The van der Waals surface area contributed by atoms with Crippen LogP contribution in [0.15, 0.2) is 23.4 Å². The van der Waals surface area contributed by atoms with Crippen molar-refractivity contribution in [1.82, 2.24) is 20.1 Å². The smallest absolute Gasteiger partial charge is 0.233 e. The Labute approximate surface area is 132 Å². The van der Waals surface area contributed by atoms with Crippen molar-refractivity contribution in [2.75, 3.05) is 12.3 Å². The molecule has 1 aromatic heterocycles. The van der Waals surface area contributed by atoms with E-state index in [0.29, 0.717) is 23.9 Å². The van der Waals surface area contributed by atoms with E-state index in [-0.39, 0.29) is 17.8 Å². The van der Waals surface area contributed by atoms with Crippen LogP contribution < -0.4 is 0 Å². The average Bonchev–Trinajstić information content (AvgIpc) is 2.90. The summed E-state index contributed by atoms with van der Waals surface area (Å²) in [5.41, 5.74) is 2.02. The third-order valence-corrected chi connectivity index (χ3v) is 4.70. The first-order chi connectivity index (χ1) is 10.5. The second kappa shape index (κ2) is 6.08. The fourth-order valence-electron chi connectivity index (χ4n) is 2.74. The van der Waals surface area contributed by atoms with Crippen LogP contribution in [0.3, 0.4) is 0 Å². The standard InChI is InChI=1S/C15H17FN4OS/c1-9-13-4-3-12(16)7-11(13)5-6-20(9)14(21)8-22-15-17-10(2)18-19-15/h3-4,7,9H,5-6,8H2,1-2H3,(H,17,18,19)/t9-/m0/s1. The van der Waals surface area contributed by atoms with E-state index in [2.05, 4.69) is 15.2 Å². The van der Waals surface area contributed by atoms with Crippen LogP contribution in [-0.4, -0.2) is 38.3 Å². The summed E-state index contributed by atoms with van der Waals surface area (Å²) in [6.07, 6.45) is 0.688. The highest BCUT2D eigenvalue weighted by molar-refractivity contribution is 7.99. The Morgan fingerprint density at radius 3 is 3.09 bits per heavy atom. The normalized spacial score (nSPS) is 17.4. The van der Waals surface area contributed by atoms with Crippen LogP contribution in [0, 0.1) is 12.7 Å². The first-order valence-electron chi connectivity index (χ1n) is 7.14. The SMILES string of the molecule is Cc1nc(SCC(=O)N2CCc3cc(F)ccc3[C@@H]2C)n[nH]1. The van der Waals surface area contributed by atoms with Crippen LogP contribution in [-0.2, 0) is 11.2 Å². The number of nitrogens with one attached hydrogen (secondary N) is 1. The molecule has 0 fully saturated rings. The second-order valence-electron chi connectivity index (χ2n) is 5.35. The number of carbonyl (C=O) groups excluding carboxylic acids is 1. The number of rotatable bonds is 3. The Morgan fingerprint density at radius 2 is 2.36 bits per heavy atom. The number of halogens is 1. The van der Waals surface area contributed by atoms with Crippen LogP contribution in [0.5, 0.6) is 0 Å². The number of hydrogen-bond donors (Lipinski definition) is 1. The summed E-state index contributed by atoms with van der Waals surface area (Å²) in [6.45, 7) is 4.42. The average molecular weight is 320 g/mol. The summed E-state index contributed by atoms with van der Waals surface area (Å²) < 4.78 is 13.3. The van der Waals surface area contributed by atoms with Gasteiger partial charge in [0, 0.05) is 6.54 Å². The molecule has 116 valence electrons. The van der Waals surface area contributed by atoms with Gasteiger partial charge in [-0.3, -0.25) is 9.89 Å². The summed E-state index contributed by atoms with van der Waals surface area (Å²) in [5, 5.41) is 7.35. The van der Waals surface area contributed by atoms with Crippen molar-refractivity contribution in [3.8, 4) is 0 Å². The molecule has 2 heterocycles. The van der Waals surface area contributed by atoms with Crippen LogP contribution in [0.25, 0.3) is 0 Å². The van der Waals surface area contributed by atoms with Gasteiger partial charge in [-0.05, 0) is 43.5 Å². The monoisotopic (exact) mass is 320 g/mol. The van der Waals surface area contributed by atoms with E-state index in [1.165, 1.54) is 17.8 Å². The number of aromatic nitrogens is 3. The first-order valence-corrected chi connectivity index (χ1v) is 8.13. The number of thioether (sulfide) groups is 1. The minimum Gasteiger partial charge on any atom is -0.335 e. The molecule has 1 aromatic carbocycles. The molecule has 1 atom stereocenters. The molecule has 0 radical (unpaired) electrons. The van der Waals surface area contributed by atoms with E-state index in [1.54, 1.807) is 12.1 Å². The molecule has 2 aromatic rings. The Kier molecular flexibility index (Phi) is 4.15. The lowest BCUT2D eigenvalue weighted by molar-refractivity contribution is -0.130. The van der Waals surface area contributed by atoms with Gasteiger partial charge < -0.3 is 4.90 Å². The summed E-state index contributed by atoms with van der Waals surface area (Å²) in [7, 11) is 0. The van der Waals surface area contributed by atoms with E-state index in [4.69, 9.17) is 0 Å². The molecule has 0 spiro atoms. The van der Waals surface area contributed by atoms with Gasteiger partial charge in [0.05, 0.1) is 11.8 Å². The number of aromatic amines is 1. The zero-order chi connectivity index (χ0) is 15.7. The Morgan fingerprint density at radius 1 is 1.55 bits per heavy atom. The van der Waals surface area contributed by atoms with Gasteiger partial charge in [0.25, 0.3) is 0 Å². The molecule has 0 saturated heterocycles. The van der Waals surface area contributed by atoms with Gasteiger partial charge in [-0.2, -0.15) is 0 Å². The maximum absolute atomic E-state index is 13.3. The molecule has 0 unspecified atom stereocenters. The molecule has 1 amide bonds. The molecule has 0 bridgehead atoms. The molecular formula is C15H17FN4OS. The predicted molar refractivity (Wildman–Crippen MR) is 82.1 cm³/mol. The van der Waals surface area contributed by atoms with Gasteiger partial charge in [-0.25, -0.2) is 9.37 Å². The number of hydrogen-bond acceptors (Lipinski definition) is 4. The summed E-state index contributed by atoms with van der Waals surface area (Å²) in [5.74, 6) is 0.867. The Hall–Kier alpha value is -1.89. The Bertz CT molecular complexity index is 703. The quantitative estimate of drug-likeness (QED) is 0.883. The third kappa shape index (κ3) is 2.99.